The monoisotopic (exact) mass is 378 g/mol. The number of methoxy groups -OCH3 is 1. The van der Waals surface area contributed by atoms with Crippen LogP contribution < -0.4 is 4.74 Å². The van der Waals surface area contributed by atoms with Gasteiger partial charge in [0.15, 0.2) is 5.76 Å². The number of carbonyl (C=O) groups excluding carboxylic acids is 1. The maximum Gasteiger partial charge on any atom is 0.246 e. The molecule has 5 nitrogen and oxygen atoms in total. The number of halogens is 1. The van der Waals surface area contributed by atoms with Crippen LogP contribution in [0.4, 0.5) is 4.39 Å². The van der Waals surface area contributed by atoms with Gasteiger partial charge in [0.05, 0.1) is 13.7 Å². The van der Waals surface area contributed by atoms with Gasteiger partial charge >= 0.3 is 0 Å². The predicted molar refractivity (Wildman–Crippen MR) is 103 cm³/mol. The number of amides is 1. The van der Waals surface area contributed by atoms with Crippen LogP contribution in [-0.4, -0.2) is 29.6 Å². The molecule has 0 unspecified atom stereocenters. The third kappa shape index (κ3) is 3.67. The van der Waals surface area contributed by atoms with Gasteiger partial charge in [0, 0.05) is 23.7 Å². The third-order valence-corrected chi connectivity index (χ3v) is 4.79. The van der Waals surface area contributed by atoms with Crippen LogP contribution >= 0.6 is 0 Å². The average Bonchev–Trinajstić information content (AvgIpc) is 3.16. The third-order valence-electron chi connectivity index (χ3n) is 4.79. The first-order valence-electron chi connectivity index (χ1n) is 8.98. The zero-order valence-electron chi connectivity index (χ0n) is 15.4. The van der Waals surface area contributed by atoms with E-state index in [1.165, 1.54) is 12.1 Å². The fourth-order valence-electron chi connectivity index (χ4n) is 3.23. The number of aromatic nitrogens is 1. The van der Waals surface area contributed by atoms with E-state index in [0.29, 0.717) is 25.3 Å². The molecule has 2 aromatic carbocycles. The highest BCUT2D eigenvalue weighted by Crippen LogP contribution is 2.30. The van der Waals surface area contributed by atoms with Gasteiger partial charge in [0.25, 0.3) is 0 Å². The summed E-state index contributed by atoms with van der Waals surface area (Å²) in [4.78, 5) is 14.3. The van der Waals surface area contributed by atoms with Crippen LogP contribution in [0.3, 0.4) is 0 Å². The van der Waals surface area contributed by atoms with E-state index in [4.69, 9.17) is 9.26 Å². The first-order chi connectivity index (χ1) is 13.6. The average molecular weight is 378 g/mol. The van der Waals surface area contributed by atoms with Crippen LogP contribution in [0.25, 0.3) is 17.4 Å². The predicted octanol–water partition coefficient (Wildman–Crippen LogP) is 4.09. The van der Waals surface area contributed by atoms with Crippen molar-refractivity contribution in [2.24, 2.45) is 0 Å². The molecule has 0 fully saturated rings. The first kappa shape index (κ1) is 18.0. The summed E-state index contributed by atoms with van der Waals surface area (Å²) in [5, 5.41) is 4.12. The lowest BCUT2D eigenvalue weighted by molar-refractivity contribution is -0.126. The minimum absolute atomic E-state index is 0.0761. The Labute approximate surface area is 162 Å². The molecule has 0 atom stereocenters. The van der Waals surface area contributed by atoms with Crippen molar-refractivity contribution in [3.63, 3.8) is 0 Å². The topological polar surface area (TPSA) is 55.6 Å². The molecule has 0 spiro atoms. The zero-order chi connectivity index (χ0) is 19.5. The summed E-state index contributed by atoms with van der Waals surface area (Å²) in [5.74, 6) is 1.05. The minimum atomic E-state index is -0.294. The summed E-state index contributed by atoms with van der Waals surface area (Å²) in [5.41, 5.74) is 3.44. The molecular formula is C22H19FN2O3. The Morgan fingerprint density at radius 1 is 1.18 bits per heavy atom. The van der Waals surface area contributed by atoms with Crippen LogP contribution in [0.2, 0.25) is 0 Å². The van der Waals surface area contributed by atoms with Crippen molar-refractivity contribution >= 4 is 12.0 Å². The van der Waals surface area contributed by atoms with Crippen molar-refractivity contribution in [2.45, 2.75) is 13.0 Å². The molecule has 28 heavy (non-hydrogen) atoms. The van der Waals surface area contributed by atoms with Crippen molar-refractivity contribution in [3.8, 4) is 17.1 Å². The molecule has 3 aromatic rings. The number of fused-ring (bicyclic) bond motifs is 1. The van der Waals surface area contributed by atoms with Crippen molar-refractivity contribution in [1.82, 2.24) is 10.1 Å². The Morgan fingerprint density at radius 3 is 2.64 bits per heavy atom. The molecule has 2 heterocycles. The fourth-order valence-corrected chi connectivity index (χ4v) is 3.23. The number of ether oxygens (including phenoxy) is 1. The molecule has 0 saturated heterocycles. The Balaban J connectivity index is 1.45. The summed E-state index contributed by atoms with van der Waals surface area (Å²) in [6.07, 6.45) is 3.99. The van der Waals surface area contributed by atoms with E-state index in [1.807, 2.05) is 24.3 Å². The quantitative estimate of drug-likeness (QED) is 0.642. The van der Waals surface area contributed by atoms with Gasteiger partial charge in [-0.05, 0) is 54.5 Å². The number of benzene rings is 2. The first-order valence-corrected chi connectivity index (χ1v) is 8.98. The number of hydrogen-bond acceptors (Lipinski definition) is 4. The van der Waals surface area contributed by atoms with E-state index >= 15 is 0 Å². The van der Waals surface area contributed by atoms with Crippen LogP contribution in [0.5, 0.6) is 5.75 Å². The van der Waals surface area contributed by atoms with E-state index in [9.17, 15) is 9.18 Å². The Morgan fingerprint density at radius 2 is 1.93 bits per heavy atom. The van der Waals surface area contributed by atoms with Crippen LogP contribution in [0, 0.1) is 5.82 Å². The van der Waals surface area contributed by atoms with Crippen LogP contribution in [0.15, 0.2) is 59.1 Å². The van der Waals surface area contributed by atoms with Crippen LogP contribution in [-0.2, 0) is 17.8 Å². The molecule has 1 aliphatic heterocycles. The van der Waals surface area contributed by atoms with E-state index in [-0.39, 0.29) is 11.7 Å². The lowest BCUT2D eigenvalue weighted by Crippen LogP contribution is -2.34. The number of hydrogen-bond donors (Lipinski definition) is 0. The maximum absolute atomic E-state index is 13.1. The van der Waals surface area contributed by atoms with Crippen molar-refractivity contribution < 1.29 is 18.4 Å². The number of rotatable bonds is 4. The number of carbonyl (C=O) groups is 1. The second-order valence-electron chi connectivity index (χ2n) is 6.56. The molecule has 0 radical (unpaired) electrons. The smallest absolute Gasteiger partial charge is 0.246 e. The normalized spacial score (nSPS) is 13.6. The van der Waals surface area contributed by atoms with Gasteiger partial charge < -0.3 is 14.2 Å². The minimum Gasteiger partial charge on any atom is -0.497 e. The molecule has 4 rings (SSSR count). The lowest BCUT2D eigenvalue weighted by atomic mass is 10.0. The molecule has 0 N–H and O–H groups in total. The highest BCUT2D eigenvalue weighted by atomic mass is 19.1. The molecular weight excluding hydrogens is 359 g/mol. The summed E-state index contributed by atoms with van der Waals surface area (Å²) < 4.78 is 23.7. The standard InChI is InChI=1S/C22H19FN2O3/c1-27-18-9-2-15(3-10-18)4-11-21(26)25-13-12-19-20(14-25)24-28-22(19)16-5-7-17(23)8-6-16/h2-11H,12-14H2,1H3/b11-4+. The Hall–Kier alpha value is -3.41. The molecule has 6 heteroatoms. The molecule has 0 saturated carbocycles. The summed E-state index contributed by atoms with van der Waals surface area (Å²) >= 11 is 0. The highest BCUT2D eigenvalue weighted by Gasteiger charge is 2.26. The molecule has 1 amide bonds. The SMILES string of the molecule is COc1ccc(/C=C/C(=O)N2CCc3c(noc3-c3ccc(F)cc3)C2)cc1. The molecule has 142 valence electrons. The van der Waals surface area contributed by atoms with Crippen molar-refractivity contribution in [2.75, 3.05) is 13.7 Å². The largest absolute Gasteiger partial charge is 0.497 e. The van der Waals surface area contributed by atoms with Gasteiger partial charge in [-0.15, -0.1) is 0 Å². The van der Waals surface area contributed by atoms with Gasteiger partial charge in [0.2, 0.25) is 5.91 Å². The fraction of sp³-hybridized carbons (Fsp3) is 0.182. The highest BCUT2D eigenvalue weighted by molar-refractivity contribution is 5.92. The van der Waals surface area contributed by atoms with E-state index in [1.54, 1.807) is 36.3 Å². The van der Waals surface area contributed by atoms with Gasteiger partial charge in [-0.1, -0.05) is 17.3 Å². The molecule has 0 aliphatic carbocycles. The van der Waals surface area contributed by atoms with Crippen molar-refractivity contribution in [1.29, 1.82) is 0 Å². The molecule has 0 bridgehead atoms. The molecule has 1 aliphatic rings. The Kier molecular flexibility index (Phi) is 4.93. The van der Waals surface area contributed by atoms with Gasteiger partial charge in [0.1, 0.15) is 17.3 Å². The second-order valence-corrected chi connectivity index (χ2v) is 6.56. The number of nitrogens with zero attached hydrogens (tertiary/aromatic N) is 2. The maximum atomic E-state index is 13.1. The van der Waals surface area contributed by atoms with Gasteiger partial charge in [-0.25, -0.2) is 4.39 Å². The zero-order valence-corrected chi connectivity index (χ0v) is 15.4. The second kappa shape index (κ2) is 7.68. The molecule has 1 aromatic heterocycles. The van der Waals surface area contributed by atoms with E-state index < -0.39 is 0 Å². The van der Waals surface area contributed by atoms with Gasteiger partial charge in [-0.2, -0.15) is 0 Å². The Bertz CT molecular complexity index is 1010. The van der Waals surface area contributed by atoms with E-state index in [0.717, 1.165) is 28.1 Å². The van der Waals surface area contributed by atoms with E-state index in [2.05, 4.69) is 5.16 Å². The summed E-state index contributed by atoms with van der Waals surface area (Å²) in [7, 11) is 1.62. The summed E-state index contributed by atoms with van der Waals surface area (Å²) in [6.45, 7) is 0.972. The van der Waals surface area contributed by atoms with Gasteiger partial charge in [-0.3, -0.25) is 4.79 Å². The van der Waals surface area contributed by atoms with Crippen LogP contribution in [0.1, 0.15) is 16.8 Å². The summed E-state index contributed by atoms with van der Waals surface area (Å²) in [6, 6.07) is 13.6. The van der Waals surface area contributed by atoms with Crippen molar-refractivity contribution in [3.05, 3.63) is 77.2 Å². The lowest BCUT2D eigenvalue weighted by Gasteiger charge is -2.24.